The van der Waals surface area contributed by atoms with Gasteiger partial charge in [0.05, 0.1) is 10.6 Å². The van der Waals surface area contributed by atoms with Crippen LogP contribution in [0.2, 0.25) is 5.02 Å². The second-order valence-corrected chi connectivity index (χ2v) is 11.5. The molecule has 37 heavy (non-hydrogen) atoms. The highest BCUT2D eigenvalue weighted by molar-refractivity contribution is 7.92. The molecule has 0 bridgehead atoms. The van der Waals surface area contributed by atoms with Crippen LogP contribution in [0.5, 0.6) is 0 Å². The maximum Gasteiger partial charge on any atom is 0.264 e. The van der Waals surface area contributed by atoms with Gasteiger partial charge >= 0.3 is 0 Å². The molecule has 1 fully saturated rings. The molecule has 4 rings (SSSR count). The van der Waals surface area contributed by atoms with Crippen molar-refractivity contribution in [3.63, 3.8) is 0 Å². The average molecular weight is 540 g/mol. The number of carbonyl (C=O) groups excluding carboxylic acids is 2. The topological polar surface area (TPSA) is 86.8 Å². The highest BCUT2D eigenvalue weighted by atomic mass is 35.5. The molecule has 2 amide bonds. The van der Waals surface area contributed by atoms with E-state index in [2.05, 4.69) is 5.32 Å². The van der Waals surface area contributed by atoms with Crippen LogP contribution in [0.25, 0.3) is 0 Å². The Kier molecular flexibility index (Phi) is 8.19. The number of hydrogen-bond donors (Lipinski definition) is 1. The van der Waals surface area contributed by atoms with Crippen LogP contribution in [-0.2, 0) is 32.7 Å². The highest BCUT2D eigenvalue weighted by Gasteiger charge is 2.29. The van der Waals surface area contributed by atoms with Crippen molar-refractivity contribution in [3.05, 3.63) is 94.0 Å². The average Bonchev–Trinajstić information content (AvgIpc) is 3.27. The van der Waals surface area contributed by atoms with Crippen molar-refractivity contribution in [3.8, 4) is 0 Å². The molecule has 0 saturated carbocycles. The Bertz CT molecular complexity index is 1410. The van der Waals surface area contributed by atoms with Gasteiger partial charge in [-0.3, -0.25) is 13.9 Å². The van der Waals surface area contributed by atoms with Crippen LogP contribution >= 0.6 is 11.6 Å². The van der Waals surface area contributed by atoms with Gasteiger partial charge in [-0.1, -0.05) is 59.6 Å². The standard InChI is InChI=1S/C28H30ClN3O4S/c1-20-11-13-24(14-12-20)37(35,36)32(26-9-4-8-25(29)21(26)2)19-27(33)30-17-22-6-3-7-23(16-22)18-31-15-5-10-28(31)34/h3-4,6-9,11-14,16H,5,10,15,17-19H2,1-2H3,(H,30,33). The molecule has 0 spiro atoms. The Balaban J connectivity index is 1.51. The SMILES string of the molecule is Cc1ccc(S(=O)(=O)N(CC(=O)NCc2cccc(CN3CCCC3=O)c2)c2cccc(Cl)c2C)cc1. The number of carbonyl (C=O) groups is 2. The molecule has 0 aromatic heterocycles. The van der Waals surface area contributed by atoms with Crippen LogP contribution in [0.4, 0.5) is 5.69 Å². The summed E-state index contributed by atoms with van der Waals surface area (Å²) in [5.41, 5.74) is 3.69. The van der Waals surface area contributed by atoms with Gasteiger partial charge < -0.3 is 10.2 Å². The highest BCUT2D eigenvalue weighted by Crippen LogP contribution is 2.31. The van der Waals surface area contributed by atoms with Gasteiger partial charge in [-0.2, -0.15) is 0 Å². The van der Waals surface area contributed by atoms with E-state index in [-0.39, 0.29) is 17.3 Å². The first kappa shape index (κ1) is 26.7. The van der Waals surface area contributed by atoms with Crippen LogP contribution in [0.3, 0.4) is 0 Å². The number of aryl methyl sites for hydroxylation is 1. The summed E-state index contributed by atoms with van der Waals surface area (Å²) in [5, 5.41) is 3.25. The summed E-state index contributed by atoms with van der Waals surface area (Å²) in [5.74, 6) is -0.292. The van der Waals surface area contributed by atoms with Crippen LogP contribution in [-0.4, -0.2) is 38.2 Å². The van der Waals surface area contributed by atoms with Gasteiger partial charge in [-0.05, 0) is 61.2 Å². The first-order valence-corrected chi connectivity index (χ1v) is 13.9. The molecule has 9 heteroatoms. The molecule has 0 aliphatic carbocycles. The van der Waals surface area contributed by atoms with E-state index in [4.69, 9.17) is 11.6 Å². The molecule has 3 aromatic carbocycles. The molecular weight excluding hydrogens is 510 g/mol. The van der Waals surface area contributed by atoms with E-state index in [1.54, 1.807) is 37.3 Å². The van der Waals surface area contributed by atoms with E-state index in [9.17, 15) is 18.0 Å². The van der Waals surface area contributed by atoms with Gasteiger partial charge in [0.25, 0.3) is 10.0 Å². The van der Waals surface area contributed by atoms with Crippen LogP contribution in [0, 0.1) is 13.8 Å². The van der Waals surface area contributed by atoms with Crippen molar-refractivity contribution in [2.45, 2.75) is 44.7 Å². The largest absolute Gasteiger partial charge is 0.350 e. The third-order valence-corrected chi connectivity index (χ3v) is 8.61. The smallest absolute Gasteiger partial charge is 0.264 e. The third kappa shape index (κ3) is 6.32. The molecule has 0 radical (unpaired) electrons. The molecule has 1 saturated heterocycles. The van der Waals surface area contributed by atoms with E-state index in [1.807, 2.05) is 36.1 Å². The summed E-state index contributed by atoms with van der Waals surface area (Å²) in [7, 11) is -4.04. The molecule has 7 nitrogen and oxygen atoms in total. The summed E-state index contributed by atoms with van der Waals surface area (Å²) >= 11 is 6.29. The van der Waals surface area contributed by atoms with Gasteiger partial charge in [-0.25, -0.2) is 8.42 Å². The Morgan fingerprint density at radius 2 is 1.73 bits per heavy atom. The maximum atomic E-state index is 13.6. The number of hydrogen-bond acceptors (Lipinski definition) is 4. The fourth-order valence-corrected chi connectivity index (χ4v) is 5.97. The predicted molar refractivity (Wildman–Crippen MR) is 145 cm³/mol. The molecule has 1 aliphatic rings. The number of likely N-dealkylation sites (tertiary alicyclic amines) is 1. The summed E-state index contributed by atoms with van der Waals surface area (Å²) in [6.07, 6.45) is 1.46. The number of benzene rings is 3. The number of nitrogens with zero attached hydrogens (tertiary/aromatic N) is 2. The van der Waals surface area contributed by atoms with E-state index < -0.39 is 22.5 Å². The van der Waals surface area contributed by atoms with E-state index in [1.165, 1.54) is 12.1 Å². The quantitative estimate of drug-likeness (QED) is 0.431. The van der Waals surface area contributed by atoms with Crippen LogP contribution < -0.4 is 9.62 Å². The van der Waals surface area contributed by atoms with E-state index >= 15 is 0 Å². The Hall–Kier alpha value is -3.36. The van der Waals surface area contributed by atoms with Crippen LogP contribution in [0.15, 0.2) is 71.6 Å². The number of halogens is 1. The Morgan fingerprint density at radius 1 is 1.03 bits per heavy atom. The number of rotatable bonds is 9. The minimum Gasteiger partial charge on any atom is -0.350 e. The zero-order valence-corrected chi connectivity index (χ0v) is 22.5. The first-order chi connectivity index (χ1) is 17.6. The summed E-state index contributed by atoms with van der Waals surface area (Å²) in [6, 6.07) is 19.2. The molecule has 0 unspecified atom stereocenters. The van der Waals surface area contributed by atoms with Crippen molar-refractivity contribution in [1.82, 2.24) is 10.2 Å². The summed E-state index contributed by atoms with van der Waals surface area (Å²) < 4.78 is 28.3. The van der Waals surface area contributed by atoms with Gasteiger partial charge in [0.2, 0.25) is 11.8 Å². The molecule has 1 heterocycles. The molecule has 3 aromatic rings. The molecule has 194 valence electrons. The summed E-state index contributed by atoms with van der Waals surface area (Å²) in [4.78, 5) is 26.9. The molecule has 0 atom stereocenters. The van der Waals surface area contributed by atoms with Crippen molar-refractivity contribution in [2.24, 2.45) is 0 Å². The van der Waals surface area contributed by atoms with Crippen molar-refractivity contribution in [2.75, 3.05) is 17.4 Å². The zero-order chi connectivity index (χ0) is 26.6. The number of anilines is 1. The second-order valence-electron chi connectivity index (χ2n) is 9.22. The molecule has 1 N–H and O–H groups in total. The lowest BCUT2D eigenvalue weighted by Crippen LogP contribution is -2.41. The minimum absolute atomic E-state index is 0.0921. The summed E-state index contributed by atoms with van der Waals surface area (Å²) in [6.45, 7) is 4.72. The molecule has 1 aliphatic heterocycles. The van der Waals surface area contributed by atoms with Crippen LogP contribution in [0.1, 0.15) is 35.1 Å². The van der Waals surface area contributed by atoms with E-state index in [0.717, 1.165) is 34.0 Å². The van der Waals surface area contributed by atoms with E-state index in [0.29, 0.717) is 29.2 Å². The monoisotopic (exact) mass is 539 g/mol. The number of nitrogens with one attached hydrogen (secondary N) is 1. The fraction of sp³-hybridized carbons (Fsp3) is 0.286. The Labute approximate surface area is 223 Å². The lowest BCUT2D eigenvalue weighted by atomic mass is 10.1. The third-order valence-electron chi connectivity index (χ3n) is 6.43. The van der Waals surface area contributed by atoms with Crippen molar-refractivity contribution < 1.29 is 18.0 Å². The number of sulfonamides is 1. The minimum atomic E-state index is -4.04. The second kappa shape index (κ2) is 11.4. The zero-order valence-electron chi connectivity index (χ0n) is 20.9. The molecular formula is C28H30ClN3O4S. The number of amides is 2. The first-order valence-electron chi connectivity index (χ1n) is 12.1. The lowest BCUT2D eigenvalue weighted by Gasteiger charge is -2.26. The van der Waals surface area contributed by atoms with Gasteiger partial charge in [-0.15, -0.1) is 0 Å². The van der Waals surface area contributed by atoms with Gasteiger partial charge in [0, 0.05) is 31.1 Å². The maximum absolute atomic E-state index is 13.6. The predicted octanol–water partition coefficient (Wildman–Crippen LogP) is 4.59. The van der Waals surface area contributed by atoms with Crippen molar-refractivity contribution >= 4 is 39.1 Å². The normalized spacial score (nSPS) is 13.6. The Morgan fingerprint density at radius 3 is 2.43 bits per heavy atom. The van der Waals surface area contributed by atoms with Gasteiger partial charge in [0.15, 0.2) is 0 Å². The van der Waals surface area contributed by atoms with Gasteiger partial charge in [0.1, 0.15) is 6.54 Å². The fourth-order valence-electron chi connectivity index (χ4n) is 4.32. The van der Waals surface area contributed by atoms with Crippen molar-refractivity contribution in [1.29, 1.82) is 0 Å². The lowest BCUT2D eigenvalue weighted by molar-refractivity contribution is -0.128.